The van der Waals surface area contributed by atoms with Crippen LogP contribution in [0.3, 0.4) is 0 Å². The zero-order valence-corrected chi connectivity index (χ0v) is 19.8. The molecule has 2 N–H and O–H groups in total. The van der Waals surface area contributed by atoms with Gasteiger partial charge in [-0.15, -0.1) is 11.3 Å². The third-order valence-electron chi connectivity index (χ3n) is 6.22. The number of aromatic nitrogens is 1. The second kappa shape index (κ2) is 9.85. The van der Waals surface area contributed by atoms with Crippen LogP contribution in [0, 0.1) is 0 Å². The Labute approximate surface area is 202 Å². The van der Waals surface area contributed by atoms with Crippen molar-refractivity contribution in [2.75, 3.05) is 12.1 Å². The topological polar surface area (TPSA) is 89.6 Å². The largest absolute Gasteiger partial charge is 0.454 e. The molecule has 0 bridgehead atoms. The summed E-state index contributed by atoms with van der Waals surface area (Å²) in [5.41, 5.74) is 2.54. The van der Waals surface area contributed by atoms with Crippen molar-refractivity contribution >= 4 is 28.3 Å². The number of rotatable bonds is 7. The van der Waals surface area contributed by atoms with Gasteiger partial charge >= 0.3 is 0 Å². The second-order valence-electron chi connectivity index (χ2n) is 8.73. The van der Waals surface area contributed by atoms with E-state index in [1.165, 1.54) is 16.9 Å². The minimum absolute atomic E-state index is 0.0143. The van der Waals surface area contributed by atoms with Gasteiger partial charge in [-0.25, -0.2) is 4.98 Å². The van der Waals surface area contributed by atoms with Gasteiger partial charge in [-0.3, -0.25) is 14.9 Å². The molecule has 2 aromatic carbocycles. The summed E-state index contributed by atoms with van der Waals surface area (Å²) >= 11 is 1.45. The fourth-order valence-corrected chi connectivity index (χ4v) is 5.44. The number of amides is 2. The van der Waals surface area contributed by atoms with Gasteiger partial charge in [-0.2, -0.15) is 0 Å². The molecule has 7 nitrogen and oxygen atoms in total. The quantitative estimate of drug-likeness (QED) is 0.516. The van der Waals surface area contributed by atoms with Crippen LogP contribution in [0.2, 0.25) is 0 Å². The van der Waals surface area contributed by atoms with E-state index < -0.39 is 0 Å². The van der Waals surface area contributed by atoms with E-state index in [2.05, 4.69) is 27.8 Å². The summed E-state index contributed by atoms with van der Waals surface area (Å²) < 4.78 is 10.7. The summed E-state index contributed by atoms with van der Waals surface area (Å²) in [6, 6.07) is 15.5. The first kappa shape index (κ1) is 22.4. The van der Waals surface area contributed by atoms with Crippen LogP contribution in [0.5, 0.6) is 11.5 Å². The Bertz CT molecular complexity index is 1190. The highest BCUT2D eigenvalue weighted by Crippen LogP contribution is 2.37. The van der Waals surface area contributed by atoms with E-state index in [-0.39, 0.29) is 30.6 Å². The Morgan fingerprint density at radius 3 is 2.82 bits per heavy atom. The Balaban J connectivity index is 1.22. The first-order chi connectivity index (χ1) is 16.6. The predicted octanol–water partition coefficient (Wildman–Crippen LogP) is 4.68. The SMILES string of the molecule is C[C@H](CCc1ccccc1)NC(=O)[C@H]1CCCc2sc(NC(=O)c3ccc4c(c3)OCO4)nc21. The van der Waals surface area contributed by atoms with Gasteiger partial charge in [0.05, 0.1) is 11.6 Å². The molecule has 176 valence electrons. The second-order valence-corrected chi connectivity index (χ2v) is 9.81. The maximum Gasteiger partial charge on any atom is 0.257 e. The summed E-state index contributed by atoms with van der Waals surface area (Å²) in [7, 11) is 0. The molecule has 1 aliphatic heterocycles. The summed E-state index contributed by atoms with van der Waals surface area (Å²) in [6.45, 7) is 2.20. The highest BCUT2D eigenvalue weighted by atomic mass is 32.1. The molecule has 2 aliphatic rings. The molecule has 0 unspecified atom stereocenters. The third kappa shape index (κ3) is 4.92. The molecule has 34 heavy (non-hydrogen) atoms. The lowest BCUT2D eigenvalue weighted by Crippen LogP contribution is -2.37. The van der Waals surface area contributed by atoms with Crippen LogP contribution in [0.4, 0.5) is 5.13 Å². The van der Waals surface area contributed by atoms with Gasteiger partial charge in [-0.1, -0.05) is 30.3 Å². The average Bonchev–Trinajstić information content (AvgIpc) is 3.49. The van der Waals surface area contributed by atoms with Crippen molar-refractivity contribution in [2.45, 2.75) is 51.0 Å². The third-order valence-corrected chi connectivity index (χ3v) is 7.27. The Hall–Kier alpha value is -3.39. The maximum atomic E-state index is 13.1. The summed E-state index contributed by atoms with van der Waals surface area (Å²) in [5, 5.41) is 6.58. The monoisotopic (exact) mass is 477 g/mol. The minimum atomic E-state index is -0.282. The summed E-state index contributed by atoms with van der Waals surface area (Å²) in [6.07, 6.45) is 4.37. The maximum absolute atomic E-state index is 13.1. The normalized spacial score (nSPS) is 17.0. The van der Waals surface area contributed by atoms with Crippen LogP contribution in [0.15, 0.2) is 48.5 Å². The van der Waals surface area contributed by atoms with Gasteiger partial charge in [0.2, 0.25) is 12.7 Å². The van der Waals surface area contributed by atoms with Gasteiger partial charge in [0, 0.05) is 16.5 Å². The molecule has 1 aliphatic carbocycles. The molecule has 1 aromatic heterocycles. The van der Waals surface area contributed by atoms with E-state index >= 15 is 0 Å². The number of hydrogen-bond donors (Lipinski definition) is 2. The van der Waals surface area contributed by atoms with Crippen molar-refractivity contribution in [2.24, 2.45) is 0 Å². The van der Waals surface area contributed by atoms with E-state index in [1.54, 1.807) is 18.2 Å². The van der Waals surface area contributed by atoms with Crippen LogP contribution < -0.4 is 20.1 Å². The van der Waals surface area contributed by atoms with Crippen LogP contribution in [-0.4, -0.2) is 29.6 Å². The van der Waals surface area contributed by atoms with Crippen molar-refractivity contribution in [3.05, 3.63) is 70.2 Å². The number of nitrogens with zero attached hydrogens (tertiary/aromatic N) is 1. The average molecular weight is 478 g/mol. The Morgan fingerprint density at radius 1 is 1.15 bits per heavy atom. The zero-order chi connectivity index (χ0) is 23.5. The molecule has 0 radical (unpaired) electrons. The number of ether oxygens (including phenoxy) is 2. The van der Waals surface area contributed by atoms with Crippen molar-refractivity contribution in [1.29, 1.82) is 0 Å². The molecule has 0 saturated heterocycles. The lowest BCUT2D eigenvalue weighted by Gasteiger charge is -2.23. The van der Waals surface area contributed by atoms with Crippen LogP contribution >= 0.6 is 11.3 Å². The van der Waals surface area contributed by atoms with Crippen LogP contribution in [0.1, 0.15) is 58.6 Å². The van der Waals surface area contributed by atoms with Gasteiger partial charge in [0.25, 0.3) is 5.91 Å². The number of aryl methyl sites for hydroxylation is 2. The number of nitrogens with one attached hydrogen (secondary N) is 2. The predicted molar refractivity (Wildman–Crippen MR) is 131 cm³/mol. The highest BCUT2D eigenvalue weighted by molar-refractivity contribution is 7.16. The van der Waals surface area contributed by atoms with E-state index in [0.29, 0.717) is 22.2 Å². The molecule has 2 atom stereocenters. The molecule has 0 fully saturated rings. The number of hydrogen-bond acceptors (Lipinski definition) is 6. The molecule has 8 heteroatoms. The fourth-order valence-electron chi connectivity index (χ4n) is 4.38. The van der Waals surface area contributed by atoms with Gasteiger partial charge in [-0.05, 0) is 62.8 Å². The molecule has 3 aromatic rings. The summed E-state index contributed by atoms with van der Waals surface area (Å²) in [4.78, 5) is 31.6. The van der Waals surface area contributed by atoms with E-state index in [0.717, 1.165) is 42.7 Å². The van der Waals surface area contributed by atoms with Crippen molar-refractivity contribution < 1.29 is 19.1 Å². The molecular formula is C26H27N3O4S. The lowest BCUT2D eigenvalue weighted by molar-refractivity contribution is -0.123. The number of anilines is 1. The zero-order valence-electron chi connectivity index (χ0n) is 19.0. The Kier molecular flexibility index (Phi) is 6.49. The fraction of sp³-hybridized carbons (Fsp3) is 0.346. The molecule has 0 saturated carbocycles. The first-order valence-electron chi connectivity index (χ1n) is 11.6. The van der Waals surface area contributed by atoms with Gasteiger partial charge < -0.3 is 14.8 Å². The van der Waals surface area contributed by atoms with Crippen molar-refractivity contribution in [3.63, 3.8) is 0 Å². The lowest BCUT2D eigenvalue weighted by atomic mass is 9.90. The molecule has 2 heterocycles. The van der Waals surface area contributed by atoms with Crippen LogP contribution in [0.25, 0.3) is 0 Å². The Morgan fingerprint density at radius 2 is 1.97 bits per heavy atom. The van der Waals surface area contributed by atoms with Gasteiger partial charge in [0.1, 0.15) is 0 Å². The number of benzene rings is 2. The molecule has 5 rings (SSSR count). The minimum Gasteiger partial charge on any atom is -0.454 e. The van der Waals surface area contributed by atoms with Crippen molar-refractivity contribution in [3.8, 4) is 11.5 Å². The number of carbonyl (C=O) groups excluding carboxylic acids is 2. The number of fused-ring (bicyclic) bond motifs is 2. The first-order valence-corrected chi connectivity index (χ1v) is 12.4. The number of thiazole rings is 1. The van der Waals surface area contributed by atoms with E-state index in [4.69, 9.17) is 9.47 Å². The van der Waals surface area contributed by atoms with Crippen LogP contribution in [-0.2, 0) is 17.6 Å². The standard InChI is InChI=1S/C26H27N3O4S/c1-16(10-11-17-6-3-2-4-7-17)27-25(31)19-8-5-9-22-23(19)28-26(34-22)29-24(30)18-12-13-20-21(14-18)33-15-32-20/h2-4,6-7,12-14,16,19H,5,8-11,15H2,1H3,(H,27,31)(H,28,29,30)/t16-,19+/m1/s1. The molecule has 2 amide bonds. The number of carbonyl (C=O) groups is 2. The summed E-state index contributed by atoms with van der Waals surface area (Å²) in [5.74, 6) is 0.660. The van der Waals surface area contributed by atoms with Gasteiger partial charge in [0.15, 0.2) is 16.6 Å². The van der Waals surface area contributed by atoms with E-state index in [9.17, 15) is 9.59 Å². The smallest absolute Gasteiger partial charge is 0.257 e. The molecule has 0 spiro atoms. The highest BCUT2D eigenvalue weighted by Gasteiger charge is 2.31. The van der Waals surface area contributed by atoms with Crippen molar-refractivity contribution in [1.82, 2.24) is 10.3 Å². The molecular weight excluding hydrogens is 450 g/mol. The van der Waals surface area contributed by atoms with E-state index in [1.807, 2.05) is 25.1 Å².